The number of nitrogens with zero attached hydrogens (tertiary/aromatic N) is 4. The molecule has 0 amide bonds. The minimum Gasteiger partial charge on any atom is -0.296 e. The van der Waals surface area contributed by atoms with Gasteiger partial charge in [-0.25, -0.2) is 9.36 Å². The van der Waals surface area contributed by atoms with Crippen LogP contribution in [0.5, 0.6) is 0 Å². The summed E-state index contributed by atoms with van der Waals surface area (Å²) < 4.78 is 2.63. The molecule has 7 heteroatoms. The summed E-state index contributed by atoms with van der Waals surface area (Å²) in [7, 11) is 1.55. The van der Waals surface area contributed by atoms with E-state index in [0.717, 1.165) is 5.01 Å². The minimum absolute atomic E-state index is 0.109. The highest BCUT2D eigenvalue weighted by Crippen LogP contribution is 2.26. The van der Waals surface area contributed by atoms with Crippen LogP contribution in [0.25, 0.3) is 5.13 Å². The first kappa shape index (κ1) is 12.7. The predicted octanol–water partition coefficient (Wildman–Crippen LogP) is 1.14. The Morgan fingerprint density at radius 1 is 1.33 bits per heavy atom. The van der Waals surface area contributed by atoms with Crippen LogP contribution in [-0.4, -0.2) is 25.6 Å². The van der Waals surface area contributed by atoms with Gasteiger partial charge in [-0.15, -0.1) is 10.2 Å². The molecule has 0 saturated carbocycles. The lowest BCUT2D eigenvalue weighted by atomic mass is 9.98. The van der Waals surface area contributed by atoms with Crippen LogP contribution in [-0.2, 0) is 12.5 Å². The van der Waals surface area contributed by atoms with Gasteiger partial charge in [0.05, 0.1) is 0 Å². The van der Waals surface area contributed by atoms with Gasteiger partial charge >= 0.3 is 5.69 Å². The molecule has 2 aromatic heterocycles. The average molecular weight is 266 g/mol. The second-order valence-electron chi connectivity index (χ2n) is 5.02. The van der Waals surface area contributed by atoms with E-state index in [4.69, 9.17) is 0 Å². The Morgan fingerprint density at radius 2 is 2.00 bits per heavy atom. The summed E-state index contributed by atoms with van der Waals surface area (Å²) in [6.45, 7) is 6.09. The van der Waals surface area contributed by atoms with Crippen LogP contribution in [0.3, 0.4) is 0 Å². The summed E-state index contributed by atoms with van der Waals surface area (Å²) in [5.74, 6) is 0. The number of rotatable bonds is 2. The molecule has 0 aliphatic heterocycles. The number of aldehydes is 1. The van der Waals surface area contributed by atoms with Gasteiger partial charge < -0.3 is 0 Å². The van der Waals surface area contributed by atoms with Gasteiger partial charge in [0.2, 0.25) is 5.13 Å². The molecule has 0 aliphatic carbocycles. The van der Waals surface area contributed by atoms with E-state index in [-0.39, 0.29) is 11.1 Å². The molecule has 0 aliphatic rings. The van der Waals surface area contributed by atoms with Gasteiger partial charge in [0, 0.05) is 18.7 Å². The summed E-state index contributed by atoms with van der Waals surface area (Å²) >= 11 is 1.35. The summed E-state index contributed by atoms with van der Waals surface area (Å²) in [5.41, 5.74) is -0.0943. The largest absolute Gasteiger partial charge is 0.334 e. The Labute approximate surface area is 108 Å². The smallest absolute Gasteiger partial charge is 0.296 e. The van der Waals surface area contributed by atoms with Gasteiger partial charge in [0.25, 0.3) is 0 Å². The third-order valence-corrected chi connectivity index (χ3v) is 3.87. The Bertz CT molecular complexity index is 645. The molecule has 18 heavy (non-hydrogen) atoms. The third-order valence-electron chi connectivity index (χ3n) is 2.52. The Morgan fingerprint density at radius 3 is 2.44 bits per heavy atom. The molecule has 0 unspecified atom stereocenters. The van der Waals surface area contributed by atoms with Crippen molar-refractivity contribution in [3.8, 4) is 5.13 Å². The minimum atomic E-state index is -0.297. The Balaban J connectivity index is 2.53. The van der Waals surface area contributed by atoms with Gasteiger partial charge in [-0.1, -0.05) is 32.1 Å². The zero-order valence-electron chi connectivity index (χ0n) is 10.7. The highest BCUT2D eigenvalue weighted by molar-refractivity contribution is 7.13. The zero-order valence-corrected chi connectivity index (χ0v) is 11.5. The molecule has 6 nitrogen and oxygen atoms in total. The van der Waals surface area contributed by atoms with E-state index in [9.17, 15) is 9.59 Å². The van der Waals surface area contributed by atoms with Crippen LogP contribution >= 0.6 is 11.3 Å². The predicted molar refractivity (Wildman–Crippen MR) is 68.6 cm³/mol. The number of carbonyl (C=O) groups is 1. The molecule has 96 valence electrons. The van der Waals surface area contributed by atoms with Crippen molar-refractivity contribution in [3.63, 3.8) is 0 Å². The summed E-state index contributed by atoms with van der Waals surface area (Å²) in [6.07, 6.45) is 2.12. The van der Waals surface area contributed by atoms with Crippen molar-refractivity contribution >= 4 is 17.6 Å². The second kappa shape index (κ2) is 4.16. The maximum atomic E-state index is 11.9. The number of imidazole rings is 1. The molecule has 0 bridgehead atoms. The van der Waals surface area contributed by atoms with Gasteiger partial charge in [-0.2, -0.15) is 0 Å². The van der Waals surface area contributed by atoms with E-state index in [1.807, 2.05) is 20.8 Å². The number of hydrogen-bond acceptors (Lipinski definition) is 5. The van der Waals surface area contributed by atoms with Gasteiger partial charge in [-0.05, 0) is 0 Å². The standard InChI is InChI=1S/C11H14N4O2S/c1-11(2,3)8-12-13-9(18-8)15-5-7(6-16)14(4)10(15)17/h5-6H,1-4H3. The molecule has 0 radical (unpaired) electrons. The van der Waals surface area contributed by atoms with E-state index in [0.29, 0.717) is 17.1 Å². The topological polar surface area (TPSA) is 69.8 Å². The van der Waals surface area contributed by atoms with Crippen LogP contribution in [0.1, 0.15) is 36.3 Å². The Kier molecular flexibility index (Phi) is 2.94. The van der Waals surface area contributed by atoms with Gasteiger partial charge in [0.15, 0.2) is 6.29 Å². The molecular weight excluding hydrogens is 252 g/mol. The first-order valence-corrected chi connectivity index (χ1v) is 6.24. The summed E-state index contributed by atoms with van der Waals surface area (Å²) in [4.78, 5) is 22.7. The Hall–Kier alpha value is -1.76. The maximum Gasteiger partial charge on any atom is 0.334 e. The summed E-state index contributed by atoms with van der Waals surface area (Å²) in [6, 6.07) is 0. The quantitative estimate of drug-likeness (QED) is 0.764. The van der Waals surface area contributed by atoms with Crippen molar-refractivity contribution in [2.45, 2.75) is 26.2 Å². The molecule has 0 spiro atoms. The molecule has 0 atom stereocenters. The van der Waals surface area contributed by atoms with Crippen molar-refractivity contribution in [2.24, 2.45) is 7.05 Å². The molecule has 2 aromatic rings. The lowest BCUT2D eigenvalue weighted by Crippen LogP contribution is -2.21. The number of aromatic nitrogens is 4. The molecule has 0 N–H and O–H groups in total. The first-order chi connectivity index (χ1) is 8.34. The zero-order chi connectivity index (χ0) is 13.5. The van der Waals surface area contributed by atoms with Crippen LogP contribution in [0.15, 0.2) is 11.0 Å². The number of carbonyl (C=O) groups excluding carboxylic acids is 1. The van der Waals surface area contributed by atoms with Gasteiger partial charge in [-0.3, -0.25) is 9.36 Å². The lowest BCUT2D eigenvalue weighted by Gasteiger charge is -2.12. The third kappa shape index (κ3) is 2.01. The second-order valence-corrected chi connectivity index (χ2v) is 5.98. The van der Waals surface area contributed by atoms with Crippen molar-refractivity contribution in [1.29, 1.82) is 0 Å². The van der Waals surface area contributed by atoms with Gasteiger partial charge in [0.1, 0.15) is 10.7 Å². The molecule has 0 fully saturated rings. The molecule has 2 rings (SSSR count). The molecule has 0 saturated heterocycles. The SMILES string of the molecule is Cn1c(C=O)cn(-c2nnc(C(C)(C)C)s2)c1=O. The highest BCUT2D eigenvalue weighted by atomic mass is 32.1. The first-order valence-electron chi connectivity index (χ1n) is 5.42. The van der Waals surface area contributed by atoms with Crippen molar-refractivity contribution in [2.75, 3.05) is 0 Å². The summed E-state index contributed by atoms with van der Waals surface area (Å²) in [5, 5.41) is 9.41. The monoisotopic (exact) mass is 266 g/mol. The van der Waals surface area contributed by atoms with E-state index in [2.05, 4.69) is 10.2 Å². The average Bonchev–Trinajstić information content (AvgIpc) is 2.86. The van der Waals surface area contributed by atoms with E-state index < -0.39 is 0 Å². The van der Waals surface area contributed by atoms with Crippen LogP contribution < -0.4 is 5.69 Å². The van der Waals surface area contributed by atoms with E-state index >= 15 is 0 Å². The van der Waals surface area contributed by atoms with E-state index in [1.54, 1.807) is 7.05 Å². The fourth-order valence-corrected chi connectivity index (χ4v) is 2.28. The normalized spacial score (nSPS) is 11.8. The van der Waals surface area contributed by atoms with Crippen molar-refractivity contribution in [1.82, 2.24) is 19.3 Å². The lowest BCUT2D eigenvalue weighted by molar-refractivity contribution is 0.111. The highest BCUT2D eigenvalue weighted by Gasteiger charge is 2.21. The molecule has 0 aromatic carbocycles. The van der Waals surface area contributed by atoms with Crippen LogP contribution in [0.2, 0.25) is 0 Å². The fourth-order valence-electron chi connectivity index (χ4n) is 1.41. The van der Waals surface area contributed by atoms with Crippen molar-refractivity contribution in [3.05, 3.63) is 27.4 Å². The maximum absolute atomic E-state index is 11.9. The fraction of sp³-hybridized carbons (Fsp3) is 0.455. The molecule has 2 heterocycles. The van der Waals surface area contributed by atoms with Crippen LogP contribution in [0.4, 0.5) is 0 Å². The van der Waals surface area contributed by atoms with Crippen molar-refractivity contribution < 1.29 is 4.79 Å². The van der Waals surface area contributed by atoms with E-state index in [1.165, 1.54) is 26.7 Å². The van der Waals surface area contributed by atoms with Crippen LogP contribution in [0, 0.1) is 0 Å². The number of hydrogen-bond donors (Lipinski definition) is 0. The molecular formula is C11H14N4O2S.